The van der Waals surface area contributed by atoms with Gasteiger partial charge in [0.15, 0.2) is 0 Å². The molecule has 0 radical (unpaired) electrons. The zero-order valence-electron chi connectivity index (χ0n) is 5.97. The molecule has 0 aliphatic carbocycles. The van der Waals surface area contributed by atoms with Crippen molar-refractivity contribution >= 4 is 34.8 Å². The third kappa shape index (κ3) is 0.968. The molecule has 0 aromatic carbocycles. The van der Waals surface area contributed by atoms with Gasteiger partial charge in [0.2, 0.25) is 0 Å². The molecular weight excluding hydrogens is 207 g/mol. The van der Waals surface area contributed by atoms with Crippen LogP contribution in [0.15, 0.2) is 12.1 Å². The van der Waals surface area contributed by atoms with Gasteiger partial charge in [-0.3, -0.25) is 0 Å². The molecule has 0 N–H and O–H groups in total. The molecule has 0 aliphatic heterocycles. The van der Waals surface area contributed by atoms with Gasteiger partial charge in [-0.1, -0.05) is 0 Å². The topological polar surface area (TPSA) is 0 Å². The fraction of sp³-hybridized carbons (Fsp3) is 0.250. The SMILES string of the molecule is Cc1cc2[se]c(C)cc2s1. The van der Waals surface area contributed by atoms with Crippen molar-refractivity contribution in [2.45, 2.75) is 13.8 Å². The van der Waals surface area contributed by atoms with Crippen LogP contribution in [0, 0.1) is 13.8 Å². The fourth-order valence-corrected chi connectivity index (χ4v) is 4.74. The molecule has 2 aromatic rings. The first-order valence-electron chi connectivity index (χ1n) is 3.22. The van der Waals surface area contributed by atoms with Crippen LogP contribution in [-0.4, -0.2) is 14.5 Å². The first-order valence-corrected chi connectivity index (χ1v) is 5.75. The molecule has 0 bridgehead atoms. The number of fused-ring (bicyclic) bond motifs is 1. The first-order chi connectivity index (χ1) is 4.75. The quantitative estimate of drug-likeness (QED) is 0.592. The van der Waals surface area contributed by atoms with Crippen LogP contribution in [0.25, 0.3) is 8.96 Å². The molecule has 2 rings (SSSR count). The molecule has 0 saturated carbocycles. The second-order valence-electron chi connectivity index (χ2n) is 2.44. The van der Waals surface area contributed by atoms with Gasteiger partial charge in [0.05, 0.1) is 0 Å². The third-order valence-electron chi connectivity index (χ3n) is 1.45. The summed E-state index contributed by atoms with van der Waals surface area (Å²) in [5, 5.41) is 0. The summed E-state index contributed by atoms with van der Waals surface area (Å²) in [7, 11) is 0. The van der Waals surface area contributed by atoms with Crippen molar-refractivity contribution in [3.8, 4) is 0 Å². The van der Waals surface area contributed by atoms with Gasteiger partial charge in [-0.2, -0.15) is 0 Å². The molecule has 0 amide bonds. The maximum absolute atomic E-state index is 2.33. The fourth-order valence-electron chi connectivity index (χ4n) is 1.08. The van der Waals surface area contributed by atoms with Gasteiger partial charge >= 0.3 is 70.1 Å². The zero-order chi connectivity index (χ0) is 7.14. The van der Waals surface area contributed by atoms with Crippen LogP contribution in [0.4, 0.5) is 0 Å². The summed E-state index contributed by atoms with van der Waals surface area (Å²) < 4.78 is 4.66. The van der Waals surface area contributed by atoms with Crippen molar-refractivity contribution in [3.05, 3.63) is 21.4 Å². The van der Waals surface area contributed by atoms with Crippen LogP contribution in [0.1, 0.15) is 9.31 Å². The molecule has 2 heteroatoms. The Bertz CT molecular complexity index is 293. The second kappa shape index (κ2) is 2.23. The Labute approximate surface area is 70.2 Å². The summed E-state index contributed by atoms with van der Waals surface area (Å²) in [4.78, 5) is 1.45. The van der Waals surface area contributed by atoms with Gasteiger partial charge in [-0.25, -0.2) is 0 Å². The van der Waals surface area contributed by atoms with Crippen LogP contribution in [0.3, 0.4) is 0 Å². The van der Waals surface area contributed by atoms with Gasteiger partial charge in [0, 0.05) is 0 Å². The van der Waals surface area contributed by atoms with E-state index in [0.29, 0.717) is 14.5 Å². The van der Waals surface area contributed by atoms with Crippen molar-refractivity contribution in [1.82, 2.24) is 0 Å². The van der Waals surface area contributed by atoms with E-state index in [0.717, 1.165) is 0 Å². The van der Waals surface area contributed by atoms with Gasteiger partial charge in [0.1, 0.15) is 0 Å². The van der Waals surface area contributed by atoms with Crippen LogP contribution >= 0.6 is 11.3 Å². The summed E-state index contributed by atoms with van der Waals surface area (Å²) >= 11 is 2.57. The molecule has 0 saturated heterocycles. The van der Waals surface area contributed by atoms with E-state index in [1.54, 1.807) is 8.70 Å². The van der Waals surface area contributed by atoms with Crippen molar-refractivity contribution in [2.75, 3.05) is 0 Å². The van der Waals surface area contributed by atoms with Crippen molar-refractivity contribution in [2.24, 2.45) is 0 Å². The van der Waals surface area contributed by atoms with Crippen molar-refractivity contribution in [1.29, 1.82) is 0 Å². The van der Waals surface area contributed by atoms with Gasteiger partial charge in [-0.15, -0.1) is 0 Å². The van der Waals surface area contributed by atoms with Gasteiger partial charge in [0.25, 0.3) is 0 Å². The van der Waals surface area contributed by atoms with Crippen molar-refractivity contribution in [3.63, 3.8) is 0 Å². The van der Waals surface area contributed by atoms with Crippen LogP contribution < -0.4 is 0 Å². The summed E-state index contributed by atoms with van der Waals surface area (Å²) in [6.07, 6.45) is 0. The molecular formula is C8H8SSe. The molecule has 0 atom stereocenters. The molecule has 0 aliphatic rings. The normalized spacial score (nSPS) is 11.0. The molecule has 0 fully saturated rings. The van der Waals surface area contributed by atoms with E-state index < -0.39 is 0 Å². The molecule has 2 heterocycles. The van der Waals surface area contributed by atoms with E-state index in [-0.39, 0.29) is 0 Å². The summed E-state index contributed by atoms with van der Waals surface area (Å²) in [5.74, 6) is 0. The maximum atomic E-state index is 2.33. The third-order valence-corrected chi connectivity index (χ3v) is 4.84. The Morgan fingerprint density at radius 2 is 2.10 bits per heavy atom. The van der Waals surface area contributed by atoms with E-state index in [2.05, 4.69) is 26.0 Å². The van der Waals surface area contributed by atoms with E-state index in [9.17, 15) is 0 Å². The van der Waals surface area contributed by atoms with Crippen LogP contribution in [-0.2, 0) is 0 Å². The number of hydrogen-bond acceptors (Lipinski definition) is 1. The Balaban J connectivity index is 2.83. The predicted molar refractivity (Wildman–Crippen MR) is 48.2 cm³/mol. The minimum absolute atomic E-state index is 0.653. The average molecular weight is 215 g/mol. The number of aryl methyl sites for hydroxylation is 2. The minimum atomic E-state index is 0.653. The van der Waals surface area contributed by atoms with E-state index >= 15 is 0 Å². The molecule has 10 heavy (non-hydrogen) atoms. The average Bonchev–Trinajstić information content (AvgIpc) is 2.21. The van der Waals surface area contributed by atoms with Crippen molar-refractivity contribution < 1.29 is 0 Å². The molecule has 2 aromatic heterocycles. The van der Waals surface area contributed by atoms with Crippen LogP contribution in [0.2, 0.25) is 0 Å². The molecule has 0 unspecified atom stereocenters. The standard InChI is InChI=1S/C8H8SSe/c1-5-3-8-7(9-5)4-6(2)10-8/h3-4H,1-2H3. The van der Waals surface area contributed by atoms with Gasteiger partial charge < -0.3 is 0 Å². The first kappa shape index (κ1) is 6.66. The molecule has 0 spiro atoms. The second-order valence-corrected chi connectivity index (χ2v) is 6.43. The number of thiophene rings is 1. The molecule has 0 nitrogen and oxygen atoms in total. The Morgan fingerprint density at radius 3 is 2.80 bits per heavy atom. The Morgan fingerprint density at radius 1 is 1.30 bits per heavy atom. The molecule has 52 valence electrons. The summed E-state index contributed by atoms with van der Waals surface area (Å²) in [6.45, 7) is 4.41. The van der Waals surface area contributed by atoms with E-state index in [1.807, 2.05) is 11.3 Å². The zero-order valence-corrected chi connectivity index (χ0v) is 8.50. The monoisotopic (exact) mass is 216 g/mol. The predicted octanol–water partition coefficient (Wildman–Crippen LogP) is 2.58. The van der Waals surface area contributed by atoms with E-state index in [4.69, 9.17) is 0 Å². The summed E-state index contributed by atoms with van der Waals surface area (Å²) in [6, 6.07) is 4.65. The Kier molecular flexibility index (Phi) is 1.48. The van der Waals surface area contributed by atoms with E-state index in [1.165, 1.54) is 9.58 Å². The number of rotatable bonds is 0. The Hall–Kier alpha value is -0.0405. The van der Waals surface area contributed by atoms with Gasteiger partial charge in [-0.05, 0) is 0 Å². The summed E-state index contributed by atoms with van der Waals surface area (Å²) in [5.41, 5.74) is 0. The number of hydrogen-bond donors (Lipinski definition) is 0. The van der Waals surface area contributed by atoms with Crippen LogP contribution in [0.5, 0.6) is 0 Å².